The largest absolute Gasteiger partial charge is 0.361 e. The van der Waals surface area contributed by atoms with Crippen LogP contribution in [0.4, 0.5) is 8.78 Å². The van der Waals surface area contributed by atoms with Crippen LogP contribution >= 0.6 is 0 Å². The van der Waals surface area contributed by atoms with Gasteiger partial charge in [-0.1, -0.05) is 11.2 Å². The number of benzene rings is 1. The van der Waals surface area contributed by atoms with Crippen LogP contribution in [0.3, 0.4) is 0 Å². The summed E-state index contributed by atoms with van der Waals surface area (Å²) in [6.07, 6.45) is 0.489. The highest BCUT2D eigenvalue weighted by atomic mass is 19.1. The van der Waals surface area contributed by atoms with E-state index in [0.717, 1.165) is 0 Å². The molecule has 0 saturated heterocycles. The molecule has 2 rings (SSSR count). The highest BCUT2D eigenvalue weighted by molar-refractivity contribution is 5.60. The van der Waals surface area contributed by atoms with Crippen LogP contribution in [0.1, 0.15) is 5.76 Å². The Bertz CT molecular complexity index is 476. The zero-order valence-electron chi connectivity index (χ0n) is 8.41. The van der Waals surface area contributed by atoms with Crippen molar-refractivity contribution >= 4 is 0 Å². The van der Waals surface area contributed by atoms with Crippen LogP contribution in [0.5, 0.6) is 0 Å². The third-order valence-corrected chi connectivity index (χ3v) is 2.17. The van der Waals surface area contributed by atoms with E-state index in [1.807, 2.05) is 0 Å². The minimum atomic E-state index is -0.660. The van der Waals surface area contributed by atoms with Crippen LogP contribution in [-0.4, -0.2) is 11.7 Å². The molecule has 0 saturated carbocycles. The average molecular weight is 224 g/mol. The minimum Gasteiger partial charge on any atom is -0.361 e. The lowest BCUT2D eigenvalue weighted by Crippen LogP contribution is -2.01. The van der Waals surface area contributed by atoms with Gasteiger partial charge in [-0.3, -0.25) is 0 Å². The van der Waals surface area contributed by atoms with E-state index in [1.165, 1.54) is 24.3 Å². The summed E-state index contributed by atoms with van der Waals surface area (Å²) in [5.41, 5.74) is 5.31. The predicted molar refractivity (Wildman–Crippen MR) is 54.6 cm³/mol. The number of hydrogen-bond acceptors (Lipinski definition) is 3. The number of aromatic nitrogens is 1. The van der Waals surface area contributed by atoms with E-state index in [-0.39, 0.29) is 11.3 Å². The molecule has 0 radical (unpaired) electrons. The molecule has 0 unspecified atom stereocenters. The third kappa shape index (κ3) is 1.94. The Morgan fingerprint density at radius 3 is 2.56 bits per heavy atom. The van der Waals surface area contributed by atoms with Gasteiger partial charge in [0.1, 0.15) is 23.1 Å². The SMILES string of the molecule is NCCc1cc(-c2c(F)cccc2F)no1. The van der Waals surface area contributed by atoms with Gasteiger partial charge in [-0.2, -0.15) is 0 Å². The number of nitrogens with zero attached hydrogens (tertiary/aromatic N) is 1. The molecule has 16 heavy (non-hydrogen) atoms. The molecule has 5 heteroatoms. The fourth-order valence-corrected chi connectivity index (χ4v) is 1.43. The minimum absolute atomic E-state index is 0.152. The molecule has 2 aromatic rings. The van der Waals surface area contributed by atoms with Crippen molar-refractivity contribution in [2.45, 2.75) is 6.42 Å². The lowest BCUT2D eigenvalue weighted by Gasteiger charge is -1.98. The van der Waals surface area contributed by atoms with Gasteiger partial charge in [0, 0.05) is 12.5 Å². The molecule has 0 aliphatic heterocycles. The molecule has 3 nitrogen and oxygen atoms in total. The quantitative estimate of drug-likeness (QED) is 0.868. The normalized spacial score (nSPS) is 10.7. The molecule has 0 aliphatic carbocycles. The van der Waals surface area contributed by atoms with Crippen molar-refractivity contribution in [3.63, 3.8) is 0 Å². The van der Waals surface area contributed by atoms with Gasteiger partial charge in [0.25, 0.3) is 0 Å². The van der Waals surface area contributed by atoms with Crippen molar-refractivity contribution in [3.8, 4) is 11.3 Å². The van der Waals surface area contributed by atoms with Crippen LogP contribution in [-0.2, 0) is 6.42 Å². The first kappa shape index (κ1) is 10.8. The van der Waals surface area contributed by atoms with Crippen LogP contribution in [0.25, 0.3) is 11.3 Å². The molecular weight excluding hydrogens is 214 g/mol. The zero-order valence-corrected chi connectivity index (χ0v) is 8.41. The van der Waals surface area contributed by atoms with Crippen molar-refractivity contribution in [3.05, 3.63) is 41.7 Å². The van der Waals surface area contributed by atoms with Crippen molar-refractivity contribution < 1.29 is 13.3 Å². The molecule has 84 valence electrons. The van der Waals surface area contributed by atoms with E-state index in [9.17, 15) is 8.78 Å². The van der Waals surface area contributed by atoms with Crippen LogP contribution in [0.2, 0.25) is 0 Å². The Hall–Kier alpha value is -1.75. The molecule has 1 heterocycles. The summed E-state index contributed by atoms with van der Waals surface area (Å²) in [6, 6.07) is 5.15. The molecule has 0 fully saturated rings. The van der Waals surface area contributed by atoms with E-state index in [4.69, 9.17) is 10.3 Å². The van der Waals surface area contributed by atoms with Crippen molar-refractivity contribution in [1.29, 1.82) is 0 Å². The van der Waals surface area contributed by atoms with Gasteiger partial charge in [-0.05, 0) is 18.7 Å². The van der Waals surface area contributed by atoms with Crippen LogP contribution in [0.15, 0.2) is 28.8 Å². The van der Waals surface area contributed by atoms with Gasteiger partial charge in [0.15, 0.2) is 0 Å². The molecule has 1 aromatic carbocycles. The number of nitrogens with two attached hydrogens (primary N) is 1. The van der Waals surface area contributed by atoms with Gasteiger partial charge >= 0.3 is 0 Å². The van der Waals surface area contributed by atoms with E-state index in [1.54, 1.807) is 0 Å². The molecule has 1 aromatic heterocycles. The fourth-order valence-electron chi connectivity index (χ4n) is 1.43. The first-order valence-corrected chi connectivity index (χ1v) is 4.82. The predicted octanol–water partition coefficient (Wildman–Crippen LogP) is 2.12. The maximum Gasteiger partial charge on any atom is 0.138 e. The van der Waals surface area contributed by atoms with Gasteiger partial charge in [-0.25, -0.2) is 8.78 Å². The van der Waals surface area contributed by atoms with Gasteiger partial charge < -0.3 is 10.3 Å². The van der Waals surface area contributed by atoms with E-state index in [0.29, 0.717) is 18.7 Å². The Labute approximate surface area is 90.9 Å². The fraction of sp³-hybridized carbons (Fsp3) is 0.182. The van der Waals surface area contributed by atoms with Crippen LogP contribution < -0.4 is 5.73 Å². The van der Waals surface area contributed by atoms with Gasteiger partial charge in [0.2, 0.25) is 0 Å². The molecule has 0 atom stereocenters. The summed E-state index contributed by atoms with van der Waals surface area (Å²) >= 11 is 0. The number of rotatable bonds is 3. The van der Waals surface area contributed by atoms with Crippen LogP contribution in [0, 0.1) is 11.6 Å². The van der Waals surface area contributed by atoms with Crippen molar-refractivity contribution in [1.82, 2.24) is 5.16 Å². The summed E-state index contributed by atoms with van der Waals surface area (Å²) in [5, 5.41) is 3.62. The lowest BCUT2D eigenvalue weighted by atomic mass is 10.1. The summed E-state index contributed by atoms with van der Waals surface area (Å²) < 4.78 is 31.7. The third-order valence-electron chi connectivity index (χ3n) is 2.17. The molecule has 0 amide bonds. The van der Waals surface area contributed by atoms with Crippen molar-refractivity contribution in [2.24, 2.45) is 5.73 Å². The topological polar surface area (TPSA) is 52.0 Å². The summed E-state index contributed by atoms with van der Waals surface area (Å²) in [6.45, 7) is 0.397. The molecule has 2 N–H and O–H groups in total. The molecule has 0 bridgehead atoms. The summed E-state index contributed by atoms with van der Waals surface area (Å²) in [7, 11) is 0. The molecule has 0 spiro atoms. The number of hydrogen-bond donors (Lipinski definition) is 1. The van der Waals surface area contributed by atoms with E-state index >= 15 is 0 Å². The Balaban J connectivity index is 2.42. The summed E-state index contributed by atoms with van der Waals surface area (Å²) in [5.74, 6) is -0.805. The lowest BCUT2D eigenvalue weighted by molar-refractivity contribution is 0.386. The number of halogens is 2. The maximum absolute atomic E-state index is 13.4. The maximum atomic E-state index is 13.4. The van der Waals surface area contributed by atoms with Gasteiger partial charge in [-0.15, -0.1) is 0 Å². The summed E-state index contributed by atoms with van der Waals surface area (Å²) in [4.78, 5) is 0. The van der Waals surface area contributed by atoms with Gasteiger partial charge in [0.05, 0.1) is 5.56 Å². The van der Waals surface area contributed by atoms with Crippen molar-refractivity contribution in [2.75, 3.05) is 6.54 Å². The first-order valence-electron chi connectivity index (χ1n) is 4.82. The second-order valence-corrected chi connectivity index (χ2v) is 3.31. The second-order valence-electron chi connectivity index (χ2n) is 3.31. The van der Waals surface area contributed by atoms with E-state index < -0.39 is 11.6 Å². The Kier molecular flexibility index (Phi) is 2.96. The zero-order chi connectivity index (χ0) is 11.5. The highest BCUT2D eigenvalue weighted by Gasteiger charge is 2.15. The molecular formula is C11H10F2N2O. The van der Waals surface area contributed by atoms with E-state index in [2.05, 4.69) is 5.16 Å². The second kappa shape index (κ2) is 4.40. The Morgan fingerprint density at radius 1 is 1.25 bits per heavy atom. The smallest absolute Gasteiger partial charge is 0.138 e. The Morgan fingerprint density at radius 2 is 1.94 bits per heavy atom. The molecule has 0 aliphatic rings. The monoisotopic (exact) mass is 224 g/mol. The highest BCUT2D eigenvalue weighted by Crippen LogP contribution is 2.25. The standard InChI is InChI=1S/C11H10F2N2O/c12-8-2-1-3-9(13)11(8)10-6-7(4-5-14)16-15-10/h1-3,6H,4-5,14H2. The average Bonchev–Trinajstić information content (AvgIpc) is 2.67. The first-order chi connectivity index (χ1) is 7.72.